The van der Waals surface area contributed by atoms with Crippen LogP contribution in [0.25, 0.3) is 0 Å². The Morgan fingerprint density at radius 1 is 1.91 bits per heavy atom. The molecule has 0 aromatic carbocycles. The quantitative estimate of drug-likeness (QED) is 0.601. The van der Waals surface area contributed by atoms with E-state index in [4.69, 9.17) is 4.74 Å². The highest BCUT2D eigenvalue weighted by Crippen LogP contribution is 2.08. The van der Waals surface area contributed by atoms with Crippen LogP contribution >= 0.6 is 0 Å². The van der Waals surface area contributed by atoms with Gasteiger partial charge in [0.05, 0.1) is 13.2 Å². The first-order valence-corrected chi connectivity index (χ1v) is 3.59. The Hall–Kier alpha value is -1.03. The number of rotatable bonds is 3. The lowest BCUT2D eigenvalue weighted by molar-refractivity contribution is -0.132. The number of carbonyl (C=O) groups is 1. The van der Waals surface area contributed by atoms with Crippen molar-refractivity contribution in [3.63, 3.8) is 0 Å². The molecule has 0 atom stereocenters. The van der Waals surface area contributed by atoms with E-state index >= 15 is 0 Å². The first-order valence-electron chi connectivity index (χ1n) is 3.59. The van der Waals surface area contributed by atoms with Gasteiger partial charge in [-0.25, -0.2) is 5.48 Å². The van der Waals surface area contributed by atoms with Crippen LogP contribution in [0.4, 0.5) is 0 Å². The predicted molar refractivity (Wildman–Crippen MR) is 38.4 cm³/mol. The van der Waals surface area contributed by atoms with E-state index < -0.39 is 0 Å². The van der Waals surface area contributed by atoms with E-state index in [1.165, 1.54) is 0 Å². The molecule has 0 aliphatic carbocycles. The third-order valence-corrected chi connectivity index (χ3v) is 1.24. The molecule has 1 aliphatic rings. The van der Waals surface area contributed by atoms with Gasteiger partial charge >= 0.3 is 5.91 Å². The van der Waals surface area contributed by atoms with Crippen LogP contribution in [0.15, 0.2) is 11.8 Å². The largest absolute Gasteiger partial charge is 0.488 e. The van der Waals surface area contributed by atoms with Gasteiger partial charge in [0, 0.05) is 6.42 Å². The average molecular weight is 157 g/mol. The Bertz CT molecular complexity index is 177. The minimum Gasteiger partial charge on any atom is -0.488 e. The number of hydroxylamine groups is 1. The van der Waals surface area contributed by atoms with Crippen molar-refractivity contribution in [2.24, 2.45) is 0 Å². The van der Waals surface area contributed by atoms with Gasteiger partial charge in [0.15, 0.2) is 5.76 Å². The Balaban J connectivity index is 2.29. The van der Waals surface area contributed by atoms with Gasteiger partial charge in [0.1, 0.15) is 0 Å². The van der Waals surface area contributed by atoms with Crippen LogP contribution in [0.1, 0.15) is 13.3 Å². The molecule has 1 N–H and O–H groups in total. The summed E-state index contributed by atoms with van der Waals surface area (Å²) in [6.45, 7) is 2.85. The van der Waals surface area contributed by atoms with E-state index in [1.54, 1.807) is 13.0 Å². The second-order valence-electron chi connectivity index (χ2n) is 2.07. The number of nitrogens with one attached hydrogen (secondary N) is 1. The van der Waals surface area contributed by atoms with E-state index in [0.717, 1.165) is 6.42 Å². The summed E-state index contributed by atoms with van der Waals surface area (Å²) in [5.41, 5.74) is 2.24. The molecule has 0 radical (unpaired) electrons. The van der Waals surface area contributed by atoms with Crippen LogP contribution in [0.2, 0.25) is 0 Å². The summed E-state index contributed by atoms with van der Waals surface area (Å²) in [6, 6.07) is 0. The van der Waals surface area contributed by atoms with Gasteiger partial charge in [-0.05, 0) is 13.0 Å². The molecule has 0 spiro atoms. The van der Waals surface area contributed by atoms with Gasteiger partial charge in [-0.15, -0.1) is 0 Å². The van der Waals surface area contributed by atoms with Crippen molar-refractivity contribution in [1.82, 2.24) is 5.48 Å². The maximum atomic E-state index is 11.0. The number of carbonyl (C=O) groups excluding carboxylic acids is 1. The third kappa shape index (κ3) is 2.23. The Kier molecular flexibility index (Phi) is 2.92. The smallest absolute Gasteiger partial charge is 0.309 e. The SMILES string of the molecule is CCONC(=O)C1=CCCO1. The fraction of sp³-hybridized carbons (Fsp3) is 0.571. The Labute approximate surface area is 65.1 Å². The minimum absolute atomic E-state index is 0.302. The molecule has 0 saturated carbocycles. The zero-order valence-corrected chi connectivity index (χ0v) is 6.42. The van der Waals surface area contributed by atoms with E-state index in [9.17, 15) is 4.79 Å². The molecule has 11 heavy (non-hydrogen) atoms. The van der Waals surface area contributed by atoms with Crippen LogP contribution in [0, 0.1) is 0 Å². The van der Waals surface area contributed by atoms with E-state index in [-0.39, 0.29) is 5.91 Å². The Morgan fingerprint density at radius 2 is 2.73 bits per heavy atom. The van der Waals surface area contributed by atoms with Crippen molar-refractivity contribution in [3.05, 3.63) is 11.8 Å². The van der Waals surface area contributed by atoms with Gasteiger partial charge in [-0.2, -0.15) is 0 Å². The zero-order valence-electron chi connectivity index (χ0n) is 6.42. The van der Waals surface area contributed by atoms with Crippen molar-refractivity contribution in [3.8, 4) is 0 Å². The summed E-state index contributed by atoms with van der Waals surface area (Å²) in [5.74, 6) is 0.0581. The predicted octanol–water partition coefficient (Wildman–Crippen LogP) is 0.358. The highest BCUT2D eigenvalue weighted by atomic mass is 16.7. The number of ether oxygens (including phenoxy) is 1. The molecule has 0 aromatic rings. The molecule has 4 heteroatoms. The molecule has 0 fully saturated rings. The molecule has 1 heterocycles. The van der Waals surface area contributed by atoms with Crippen molar-refractivity contribution in [2.75, 3.05) is 13.2 Å². The van der Waals surface area contributed by atoms with Crippen molar-refractivity contribution < 1.29 is 14.4 Å². The molecular formula is C7H11NO3. The van der Waals surface area contributed by atoms with Crippen LogP contribution < -0.4 is 5.48 Å². The lowest BCUT2D eigenvalue weighted by Gasteiger charge is -2.03. The fourth-order valence-corrected chi connectivity index (χ4v) is 0.764. The van der Waals surface area contributed by atoms with Gasteiger partial charge in [0.2, 0.25) is 0 Å². The first-order chi connectivity index (χ1) is 5.34. The first kappa shape index (κ1) is 8.07. The second kappa shape index (κ2) is 3.98. The lowest BCUT2D eigenvalue weighted by Crippen LogP contribution is -2.25. The summed E-state index contributed by atoms with van der Waals surface area (Å²) in [7, 11) is 0. The van der Waals surface area contributed by atoms with Gasteiger partial charge in [-0.1, -0.05) is 0 Å². The van der Waals surface area contributed by atoms with Crippen LogP contribution in [0.5, 0.6) is 0 Å². The van der Waals surface area contributed by atoms with E-state index in [0.29, 0.717) is 19.0 Å². The topological polar surface area (TPSA) is 47.6 Å². The third-order valence-electron chi connectivity index (χ3n) is 1.24. The molecule has 1 rings (SSSR count). The molecule has 0 aromatic heterocycles. The van der Waals surface area contributed by atoms with E-state index in [1.807, 2.05) is 0 Å². The van der Waals surface area contributed by atoms with Crippen LogP contribution in [-0.4, -0.2) is 19.1 Å². The fourth-order valence-electron chi connectivity index (χ4n) is 0.764. The maximum Gasteiger partial charge on any atom is 0.309 e. The lowest BCUT2D eigenvalue weighted by atomic mass is 10.4. The molecule has 62 valence electrons. The van der Waals surface area contributed by atoms with Gasteiger partial charge < -0.3 is 4.74 Å². The molecule has 1 amide bonds. The van der Waals surface area contributed by atoms with Crippen LogP contribution in [0.3, 0.4) is 0 Å². The minimum atomic E-state index is -0.302. The summed E-state index contributed by atoms with van der Waals surface area (Å²) >= 11 is 0. The summed E-state index contributed by atoms with van der Waals surface area (Å²) in [4.78, 5) is 15.7. The molecule has 0 unspecified atom stereocenters. The van der Waals surface area contributed by atoms with E-state index in [2.05, 4.69) is 10.3 Å². The molecule has 0 saturated heterocycles. The number of amides is 1. The highest BCUT2D eigenvalue weighted by molar-refractivity contribution is 5.90. The normalized spacial score (nSPS) is 15.5. The summed E-state index contributed by atoms with van der Waals surface area (Å²) in [6.07, 6.45) is 2.54. The van der Waals surface area contributed by atoms with Crippen molar-refractivity contribution in [1.29, 1.82) is 0 Å². The maximum absolute atomic E-state index is 11.0. The second-order valence-corrected chi connectivity index (χ2v) is 2.07. The van der Waals surface area contributed by atoms with Gasteiger partial charge in [0.25, 0.3) is 0 Å². The molecule has 0 bridgehead atoms. The number of hydrogen-bond donors (Lipinski definition) is 1. The average Bonchev–Trinajstić information content (AvgIpc) is 2.52. The highest BCUT2D eigenvalue weighted by Gasteiger charge is 2.13. The summed E-state index contributed by atoms with van der Waals surface area (Å²) < 4.78 is 4.98. The standard InChI is InChI=1S/C7H11NO3/c1-2-11-8-7(9)6-4-3-5-10-6/h4H,2-3,5H2,1H3,(H,8,9). The Morgan fingerprint density at radius 3 is 3.27 bits per heavy atom. The van der Waals surface area contributed by atoms with Crippen molar-refractivity contribution >= 4 is 5.91 Å². The molecular weight excluding hydrogens is 146 g/mol. The monoisotopic (exact) mass is 157 g/mol. The zero-order chi connectivity index (χ0) is 8.10. The molecule has 1 aliphatic heterocycles. The summed E-state index contributed by atoms with van der Waals surface area (Å²) in [5, 5.41) is 0. The van der Waals surface area contributed by atoms with Crippen LogP contribution in [-0.2, 0) is 14.4 Å². The van der Waals surface area contributed by atoms with Gasteiger partial charge in [-0.3, -0.25) is 9.63 Å². The van der Waals surface area contributed by atoms with Crippen molar-refractivity contribution in [2.45, 2.75) is 13.3 Å². The molecule has 4 nitrogen and oxygen atoms in total. The number of hydrogen-bond acceptors (Lipinski definition) is 3.